The van der Waals surface area contributed by atoms with Crippen molar-refractivity contribution in [2.24, 2.45) is 11.8 Å². The number of carbonyl (C=O) groups is 2. The molecule has 2 aliphatic carbocycles. The van der Waals surface area contributed by atoms with Crippen LogP contribution in [0.3, 0.4) is 0 Å². The number of ether oxygens (including phenoxy) is 1. The zero-order valence-electron chi connectivity index (χ0n) is 12.1. The summed E-state index contributed by atoms with van der Waals surface area (Å²) in [4.78, 5) is 23.9. The van der Waals surface area contributed by atoms with Gasteiger partial charge in [0.15, 0.2) is 0 Å². The predicted molar refractivity (Wildman–Crippen MR) is 77.6 cm³/mol. The molecule has 0 saturated heterocycles. The second kappa shape index (κ2) is 5.76. The third-order valence-electron chi connectivity index (χ3n) is 4.03. The second-order valence-corrected chi connectivity index (χ2v) is 5.76. The monoisotopic (exact) mass is 288 g/mol. The lowest BCUT2D eigenvalue weighted by Gasteiger charge is -2.09. The molecule has 2 amide bonds. The van der Waals surface area contributed by atoms with Gasteiger partial charge in [0.25, 0.3) is 0 Å². The Hall–Kier alpha value is -2.04. The predicted octanol–water partition coefficient (Wildman–Crippen LogP) is 1.23. The van der Waals surface area contributed by atoms with Crippen molar-refractivity contribution in [3.63, 3.8) is 0 Å². The molecule has 1 aromatic rings. The van der Waals surface area contributed by atoms with Gasteiger partial charge >= 0.3 is 0 Å². The Labute approximate surface area is 124 Å². The smallest absolute Gasteiger partial charge is 0.224 e. The molecular formula is C16H20N2O3. The van der Waals surface area contributed by atoms with E-state index in [9.17, 15) is 9.59 Å². The quantitative estimate of drug-likeness (QED) is 0.827. The first kappa shape index (κ1) is 13.9. The van der Waals surface area contributed by atoms with E-state index < -0.39 is 0 Å². The molecule has 2 saturated carbocycles. The van der Waals surface area contributed by atoms with Gasteiger partial charge in [0.2, 0.25) is 11.8 Å². The number of para-hydroxylation sites is 1. The molecule has 2 aliphatic rings. The zero-order chi connectivity index (χ0) is 14.8. The molecular weight excluding hydrogens is 268 g/mol. The summed E-state index contributed by atoms with van der Waals surface area (Å²) in [6.45, 7) is 0.427. The van der Waals surface area contributed by atoms with Gasteiger partial charge in [0.1, 0.15) is 5.75 Å². The molecule has 5 heteroatoms. The minimum absolute atomic E-state index is 0.0370. The number of rotatable bonds is 6. The summed E-state index contributed by atoms with van der Waals surface area (Å²) in [6.07, 6.45) is 2.81. The van der Waals surface area contributed by atoms with Crippen LogP contribution < -0.4 is 15.4 Å². The first-order valence-corrected chi connectivity index (χ1v) is 7.39. The largest absolute Gasteiger partial charge is 0.496 e. The van der Waals surface area contributed by atoms with Crippen LogP contribution in [0.1, 0.15) is 24.8 Å². The van der Waals surface area contributed by atoms with E-state index in [1.165, 1.54) is 0 Å². The molecule has 2 unspecified atom stereocenters. The van der Waals surface area contributed by atoms with Crippen molar-refractivity contribution in [2.75, 3.05) is 7.11 Å². The summed E-state index contributed by atoms with van der Waals surface area (Å²) in [5, 5.41) is 5.84. The van der Waals surface area contributed by atoms with Gasteiger partial charge in [-0.2, -0.15) is 0 Å². The van der Waals surface area contributed by atoms with Crippen LogP contribution in [-0.2, 0) is 16.1 Å². The van der Waals surface area contributed by atoms with Crippen molar-refractivity contribution in [2.45, 2.75) is 31.8 Å². The van der Waals surface area contributed by atoms with Crippen LogP contribution in [0.5, 0.6) is 5.75 Å². The van der Waals surface area contributed by atoms with Crippen molar-refractivity contribution in [1.82, 2.24) is 10.6 Å². The molecule has 21 heavy (non-hydrogen) atoms. The Balaban J connectivity index is 1.47. The van der Waals surface area contributed by atoms with Gasteiger partial charge in [-0.15, -0.1) is 0 Å². The van der Waals surface area contributed by atoms with Crippen molar-refractivity contribution >= 4 is 11.8 Å². The minimum Gasteiger partial charge on any atom is -0.496 e. The summed E-state index contributed by atoms with van der Waals surface area (Å²) in [6, 6.07) is 7.94. The summed E-state index contributed by atoms with van der Waals surface area (Å²) < 4.78 is 5.25. The van der Waals surface area contributed by atoms with Gasteiger partial charge in [0, 0.05) is 18.2 Å². The van der Waals surface area contributed by atoms with E-state index in [4.69, 9.17) is 4.74 Å². The lowest BCUT2D eigenvalue weighted by Crippen LogP contribution is -2.31. The molecule has 3 rings (SSSR count). The average molecular weight is 288 g/mol. The Kier molecular flexibility index (Phi) is 3.82. The number of methoxy groups -OCH3 is 1. The van der Waals surface area contributed by atoms with Gasteiger partial charge in [-0.1, -0.05) is 18.2 Å². The molecule has 2 fully saturated rings. The van der Waals surface area contributed by atoms with E-state index in [1.54, 1.807) is 7.11 Å². The van der Waals surface area contributed by atoms with Crippen LogP contribution in [0.25, 0.3) is 0 Å². The van der Waals surface area contributed by atoms with E-state index >= 15 is 0 Å². The number of amides is 2. The highest BCUT2D eigenvalue weighted by Gasteiger charge is 2.48. The van der Waals surface area contributed by atoms with Gasteiger partial charge in [0.05, 0.1) is 18.9 Å². The lowest BCUT2D eigenvalue weighted by atomic mass is 10.2. The molecule has 5 nitrogen and oxygen atoms in total. The number of hydrogen-bond acceptors (Lipinski definition) is 3. The van der Waals surface area contributed by atoms with Crippen molar-refractivity contribution in [1.29, 1.82) is 0 Å². The van der Waals surface area contributed by atoms with Crippen LogP contribution in [0.15, 0.2) is 24.3 Å². The van der Waals surface area contributed by atoms with Crippen molar-refractivity contribution in [3.05, 3.63) is 29.8 Å². The fourth-order valence-electron chi connectivity index (χ4n) is 2.47. The zero-order valence-corrected chi connectivity index (χ0v) is 12.1. The maximum absolute atomic E-state index is 12.1. The van der Waals surface area contributed by atoms with Gasteiger partial charge in [-0.3, -0.25) is 9.59 Å². The van der Waals surface area contributed by atoms with Crippen molar-refractivity contribution in [3.8, 4) is 5.75 Å². The summed E-state index contributed by atoms with van der Waals surface area (Å²) in [5.74, 6) is 0.449. The molecule has 0 radical (unpaired) electrons. The maximum atomic E-state index is 12.1. The van der Waals surface area contributed by atoms with E-state index in [-0.39, 0.29) is 23.7 Å². The molecule has 0 bridgehead atoms. The molecule has 0 spiro atoms. The molecule has 0 heterocycles. The minimum atomic E-state index is -0.168. The first-order chi connectivity index (χ1) is 10.2. The highest BCUT2D eigenvalue weighted by atomic mass is 16.5. The van der Waals surface area contributed by atoms with Crippen molar-refractivity contribution < 1.29 is 14.3 Å². The fraction of sp³-hybridized carbons (Fsp3) is 0.500. The third kappa shape index (κ3) is 3.35. The molecule has 0 aliphatic heterocycles. The molecule has 2 N–H and O–H groups in total. The van der Waals surface area contributed by atoms with Gasteiger partial charge in [-0.05, 0) is 25.3 Å². The Bertz CT molecular complexity index is 554. The topological polar surface area (TPSA) is 67.4 Å². The maximum Gasteiger partial charge on any atom is 0.224 e. The number of hydrogen-bond donors (Lipinski definition) is 2. The fourth-order valence-corrected chi connectivity index (χ4v) is 2.47. The Morgan fingerprint density at radius 1 is 1.19 bits per heavy atom. The van der Waals surface area contributed by atoms with Crippen LogP contribution in [-0.4, -0.2) is 25.0 Å². The Morgan fingerprint density at radius 2 is 1.90 bits per heavy atom. The number of nitrogens with one attached hydrogen (secondary N) is 2. The first-order valence-electron chi connectivity index (χ1n) is 7.39. The third-order valence-corrected chi connectivity index (χ3v) is 4.03. The van der Waals surface area contributed by atoms with Crippen LogP contribution in [0.2, 0.25) is 0 Å². The normalized spacial score (nSPS) is 23.3. The second-order valence-electron chi connectivity index (χ2n) is 5.76. The summed E-state index contributed by atoms with van der Waals surface area (Å²) >= 11 is 0. The number of carbonyl (C=O) groups excluding carboxylic acids is 2. The van der Waals surface area contributed by atoms with Gasteiger partial charge < -0.3 is 15.4 Å². The van der Waals surface area contributed by atoms with Crippen LogP contribution in [0, 0.1) is 11.8 Å². The summed E-state index contributed by atoms with van der Waals surface area (Å²) in [5.41, 5.74) is 0.938. The summed E-state index contributed by atoms with van der Waals surface area (Å²) in [7, 11) is 1.61. The molecule has 2 atom stereocenters. The molecule has 1 aromatic carbocycles. The van der Waals surface area contributed by atoms with E-state index in [1.807, 2.05) is 24.3 Å². The standard InChI is InChI=1S/C16H20N2O3/c1-21-14-5-3-2-4-10(14)9-17-15(19)12-8-13(12)16(20)18-11-6-7-11/h2-5,11-13H,6-9H2,1H3,(H,17,19)(H,18,20). The highest BCUT2D eigenvalue weighted by Crippen LogP contribution is 2.39. The number of benzene rings is 1. The lowest BCUT2D eigenvalue weighted by molar-refractivity contribution is -0.127. The SMILES string of the molecule is COc1ccccc1CNC(=O)C1CC1C(=O)NC1CC1. The van der Waals surface area contributed by atoms with Crippen LogP contribution >= 0.6 is 0 Å². The van der Waals surface area contributed by atoms with E-state index in [0.717, 1.165) is 24.2 Å². The van der Waals surface area contributed by atoms with E-state index in [0.29, 0.717) is 19.0 Å². The van der Waals surface area contributed by atoms with Crippen LogP contribution in [0.4, 0.5) is 0 Å². The molecule has 112 valence electrons. The van der Waals surface area contributed by atoms with Gasteiger partial charge in [-0.25, -0.2) is 0 Å². The Morgan fingerprint density at radius 3 is 2.62 bits per heavy atom. The van der Waals surface area contributed by atoms with E-state index in [2.05, 4.69) is 10.6 Å². The average Bonchev–Trinajstić information content (AvgIpc) is 3.37. The highest BCUT2D eigenvalue weighted by molar-refractivity contribution is 5.92. The molecule has 0 aromatic heterocycles.